The number of aromatic nitrogens is 2. The van der Waals surface area contributed by atoms with Gasteiger partial charge in [0.2, 0.25) is 0 Å². The summed E-state index contributed by atoms with van der Waals surface area (Å²) in [5, 5.41) is 7.80. The van der Waals surface area contributed by atoms with E-state index in [1.807, 2.05) is 18.2 Å². The first-order valence-electron chi connectivity index (χ1n) is 4.09. The molecule has 1 aromatic heterocycles. The van der Waals surface area contributed by atoms with E-state index in [2.05, 4.69) is 32.8 Å². The van der Waals surface area contributed by atoms with Crippen molar-refractivity contribution < 1.29 is 0 Å². The minimum absolute atomic E-state index is 0.171. The summed E-state index contributed by atoms with van der Waals surface area (Å²) in [6, 6.07) is 5.64. The zero-order valence-electron chi connectivity index (χ0n) is 7.25. The average molecular weight is 301 g/mol. The van der Waals surface area contributed by atoms with Gasteiger partial charge in [-0.05, 0) is 34.7 Å². The highest BCUT2D eigenvalue weighted by Gasteiger charge is 2.04. The van der Waals surface area contributed by atoms with Gasteiger partial charge in [-0.3, -0.25) is 4.79 Å². The van der Waals surface area contributed by atoms with Gasteiger partial charge < -0.3 is 5.73 Å². The molecule has 5 heteroatoms. The largest absolute Gasteiger partial charge is 0.325 e. The molecule has 0 aliphatic rings. The van der Waals surface area contributed by atoms with Gasteiger partial charge in [0.15, 0.2) is 0 Å². The first-order chi connectivity index (χ1) is 6.72. The van der Waals surface area contributed by atoms with Gasteiger partial charge in [-0.2, -0.15) is 5.10 Å². The van der Waals surface area contributed by atoms with Crippen LogP contribution in [-0.4, -0.2) is 10.2 Å². The van der Waals surface area contributed by atoms with E-state index in [-0.39, 0.29) is 5.56 Å². The van der Waals surface area contributed by atoms with E-state index in [0.29, 0.717) is 11.9 Å². The molecular weight excluding hydrogens is 293 g/mol. The molecule has 0 spiro atoms. The Bertz CT molecular complexity index is 535. The van der Waals surface area contributed by atoms with Crippen molar-refractivity contribution in [2.24, 2.45) is 5.73 Å². The molecule has 3 N–H and O–H groups in total. The van der Waals surface area contributed by atoms with Crippen molar-refractivity contribution in [3.8, 4) is 0 Å². The molecule has 2 aromatic rings. The smallest absolute Gasteiger partial charge is 0.272 e. The fourth-order valence-corrected chi connectivity index (χ4v) is 1.84. The van der Waals surface area contributed by atoms with Crippen molar-refractivity contribution in [2.45, 2.75) is 6.54 Å². The third-order valence-corrected chi connectivity index (χ3v) is 2.69. The Kier molecular flexibility index (Phi) is 2.51. The second-order valence-electron chi connectivity index (χ2n) is 2.89. The Hall–Kier alpha value is -0.950. The van der Waals surface area contributed by atoms with Crippen LogP contribution in [0.1, 0.15) is 5.69 Å². The van der Waals surface area contributed by atoms with Crippen molar-refractivity contribution in [1.82, 2.24) is 10.2 Å². The first-order valence-corrected chi connectivity index (χ1v) is 5.17. The fourth-order valence-electron chi connectivity index (χ4n) is 1.35. The number of nitrogens with zero attached hydrogens (tertiary/aromatic N) is 1. The lowest BCUT2D eigenvalue weighted by molar-refractivity contribution is 0.900. The Morgan fingerprint density at radius 2 is 2.21 bits per heavy atom. The zero-order chi connectivity index (χ0) is 10.1. The summed E-state index contributed by atoms with van der Waals surface area (Å²) in [7, 11) is 0. The van der Waals surface area contributed by atoms with E-state index < -0.39 is 0 Å². The van der Waals surface area contributed by atoms with Gasteiger partial charge in [-0.25, -0.2) is 5.10 Å². The van der Waals surface area contributed by atoms with Gasteiger partial charge in [0, 0.05) is 15.5 Å². The lowest BCUT2D eigenvalue weighted by Gasteiger charge is -2.01. The summed E-state index contributed by atoms with van der Waals surface area (Å²) < 4.78 is 1.02. The number of H-pyrrole nitrogens is 1. The van der Waals surface area contributed by atoms with Crippen molar-refractivity contribution in [1.29, 1.82) is 0 Å². The molecule has 0 saturated heterocycles. The van der Waals surface area contributed by atoms with Crippen molar-refractivity contribution >= 4 is 33.4 Å². The second kappa shape index (κ2) is 3.66. The second-order valence-corrected chi connectivity index (χ2v) is 4.14. The highest BCUT2D eigenvalue weighted by molar-refractivity contribution is 14.1. The molecule has 0 fully saturated rings. The molecule has 4 nitrogen and oxygen atoms in total. The summed E-state index contributed by atoms with van der Waals surface area (Å²) >= 11 is 2.16. The van der Waals surface area contributed by atoms with Crippen molar-refractivity contribution in [3.05, 3.63) is 37.8 Å². The normalized spacial score (nSPS) is 10.7. The highest BCUT2D eigenvalue weighted by atomic mass is 127. The summed E-state index contributed by atoms with van der Waals surface area (Å²) in [4.78, 5) is 11.4. The Morgan fingerprint density at radius 3 is 2.93 bits per heavy atom. The van der Waals surface area contributed by atoms with E-state index in [4.69, 9.17) is 5.73 Å². The molecule has 72 valence electrons. The number of nitrogens with two attached hydrogens (primary N) is 1. The van der Waals surface area contributed by atoms with Crippen LogP contribution >= 0.6 is 22.6 Å². The van der Waals surface area contributed by atoms with E-state index in [0.717, 1.165) is 14.7 Å². The Morgan fingerprint density at radius 1 is 1.43 bits per heavy atom. The molecule has 0 aliphatic heterocycles. The molecule has 0 amide bonds. The van der Waals surface area contributed by atoms with Crippen LogP contribution in [0, 0.1) is 3.57 Å². The number of hydrogen-bond donors (Lipinski definition) is 2. The summed E-state index contributed by atoms with van der Waals surface area (Å²) in [5.74, 6) is 0. The number of fused-ring (bicyclic) bond motifs is 1. The standard InChI is InChI=1S/C9H8IN3O/c10-5-1-2-6-7(3-5)9(14)13-12-8(6)4-11/h1-3H,4,11H2,(H,13,14). The quantitative estimate of drug-likeness (QED) is 0.772. The fraction of sp³-hybridized carbons (Fsp3) is 0.111. The van der Waals surface area contributed by atoms with E-state index in [1.165, 1.54) is 0 Å². The van der Waals surface area contributed by atoms with Crippen LogP contribution in [0.25, 0.3) is 10.8 Å². The SMILES string of the molecule is NCc1n[nH]c(=O)c2cc(I)ccc12. The van der Waals surface area contributed by atoms with Gasteiger partial charge in [-0.15, -0.1) is 0 Å². The third-order valence-electron chi connectivity index (χ3n) is 2.02. The number of halogens is 1. The number of hydrogen-bond acceptors (Lipinski definition) is 3. The molecule has 0 saturated carbocycles. The predicted molar refractivity (Wildman–Crippen MR) is 63.0 cm³/mol. The molecule has 0 radical (unpaired) electrons. The average Bonchev–Trinajstić information content (AvgIpc) is 2.19. The van der Waals surface area contributed by atoms with Gasteiger partial charge in [-0.1, -0.05) is 6.07 Å². The van der Waals surface area contributed by atoms with Gasteiger partial charge in [0.05, 0.1) is 11.1 Å². The van der Waals surface area contributed by atoms with Crippen LogP contribution in [-0.2, 0) is 6.54 Å². The van der Waals surface area contributed by atoms with Crippen LogP contribution < -0.4 is 11.3 Å². The lowest BCUT2D eigenvalue weighted by Crippen LogP contribution is -2.13. The number of nitrogens with one attached hydrogen (secondary N) is 1. The minimum Gasteiger partial charge on any atom is -0.325 e. The minimum atomic E-state index is -0.171. The summed E-state index contributed by atoms with van der Waals surface area (Å²) in [6.07, 6.45) is 0. The lowest BCUT2D eigenvalue weighted by atomic mass is 10.1. The molecule has 0 atom stereocenters. The maximum atomic E-state index is 11.4. The van der Waals surface area contributed by atoms with E-state index in [1.54, 1.807) is 0 Å². The summed E-state index contributed by atoms with van der Waals surface area (Å²) in [6.45, 7) is 0.327. The maximum absolute atomic E-state index is 11.4. The molecule has 0 unspecified atom stereocenters. The molecule has 0 aliphatic carbocycles. The molecule has 1 aromatic carbocycles. The molecule has 14 heavy (non-hydrogen) atoms. The van der Waals surface area contributed by atoms with Gasteiger partial charge in [0.25, 0.3) is 5.56 Å². The van der Waals surface area contributed by atoms with Crippen molar-refractivity contribution in [3.63, 3.8) is 0 Å². The molecule has 0 bridgehead atoms. The maximum Gasteiger partial charge on any atom is 0.272 e. The Balaban J connectivity index is 2.91. The molecular formula is C9H8IN3O. The molecule has 2 rings (SSSR count). The third kappa shape index (κ3) is 1.53. The first kappa shape index (κ1) is 9.60. The van der Waals surface area contributed by atoms with Crippen LogP contribution in [0.15, 0.2) is 23.0 Å². The van der Waals surface area contributed by atoms with Crippen LogP contribution in [0.4, 0.5) is 0 Å². The molecule has 1 heterocycles. The topological polar surface area (TPSA) is 71.8 Å². The highest BCUT2D eigenvalue weighted by Crippen LogP contribution is 2.15. The Labute approximate surface area is 93.6 Å². The van der Waals surface area contributed by atoms with E-state index in [9.17, 15) is 4.79 Å². The monoisotopic (exact) mass is 301 g/mol. The van der Waals surface area contributed by atoms with Crippen LogP contribution in [0.2, 0.25) is 0 Å². The van der Waals surface area contributed by atoms with Crippen LogP contribution in [0.5, 0.6) is 0 Å². The van der Waals surface area contributed by atoms with Gasteiger partial charge in [0.1, 0.15) is 0 Å². The predicted octanol–water partition coefficient (Wildman–Crippen LogP) is 0.986. The van der Waals surface area contributed by atoms with E-state index >= 15 is 0 Å². The zero-order valence-corrected chi connectivity index (χ0v) is 9.41. The number of benzene rings is 1. The van der Waals surface area contributed by atoms with Gasteiger partial charge >= 0.3 is 0 Å². The van der Waals surface area contributed by atoms with Crippen LogP contribution in [0.3, 0.4) is 0 Å². The number of rotatable bonds is 1. The van der Waals surface area contributed by atoms with Crippen molar-refractivity contribution in [2.75, 3.05) is 0 Å². The summed E-state index contributed by atoms with van der Waals surface area (Å²) in [5.41, 5.74) is 6.07. The number of aromatic amines is 1.